The molecule has 0 radical (unpaired) electrons. The molecule has 0 amide bonds. The number of likely N-dealkylation sites (tertiary alicyclic amines) is 1. The van der Waals surface area contributed by atoms with Gasteiger partial charge in [0, 0.05) is 18.1 Å². The van der Waals surface area contributed by atoms with E-state index in [1.165, 1.54) is 64.5 Å². The Kier molecular flexibility index (Phi) is 4.48. The van der Waals surface area contributed by atoms with E-state index in [0.29, 0.717) is 0 Å². The Labute approximate surface area is 119 Å². The van der Waals surface area contributed by atoms with Crippen LogP contribution >= 0.6 is 0 Å². The summed E-state index contributed by atoms with van der Waals surface area (Å²) in [6.07, 6.45) is 11.7. The Morgan fingerprint density at radius 3 is 2.53 bits per heavy atom. The predicted octanol–water partition coefficient (Wildman–Crippen LogP) is 3.42. The van der Waals surface area contributed by atoms with Gasteiger partial charge in [-0.2, -0.15) is 0 Å². The largest absolute Gasteiger partial charge is 0.314 e. The fourth-order valence-electron chi connectivity index (χ4n) is 4.31. The topological polar surface area (TPSA) is 15.3 Å². The van der Waals surface area contributed by atoms with Crippen LogP contribution in [-0.4, -0.2) is 36.1 Å². The van der Waals surface area contributed by atoms with Crippen molar-refractivity contribution in [3.05, 3.63) is 0 Å². The van der Waals surface area contributed by atoms with Crippen LogP contribution in [0.4, 0.5) is 0 Å². The second kappa shape index (κ2) is 6.13. The van der Waals surface area contributed by atoms with Crippen LogP contribution < -0.4 is 5.32 Å². The number of piperidine rings is 1. The molecule has 1 saturated heterocycles. The van der Waals surface area contributed by atoms with Crippen molar-refractivity contribution in [3.63, 3.8) is 0 Å². The van der Waals surface area contributed by atoms with Crippen LogP contribution in [0.2, 0.25) is 0 Å². The quantitative estimate of drug-likeness (QED) is 0.818. The van der Waals surface area contributed by atoms with E-state index in [-0.39, 0.29) is 0 Å². The molecule has 4 unspecified atom stereocenters. The third kappa shape index (κ3) is 3.33. The van der Waals surface area contributed by atoms with Crippen LogP contribution in [-0.2, 0) is 0 Å². The van der Waals surface area contributed by atoms with Crippen LogP contribution in [0.3, 0.4) is 0 Å². The summed E-state index contributed by atoms with van der Waals surface area (Å²) in [5.41, 5.74) is 0. The van der Waals surface area contributed by atoms with Crippen LogP contribution in [0.1, 0.15) is 65.2 Å². The first-order valence-corrected chi connectivity index (χ1v) is 8.75. The van der Waals surface area contributed by atoms with E-state index in [4.69, 9.17) is 0 Å². The van der Waals surface area contributed by atoms with Gasteiger partial charge in [-0.15, -0.1) is 0 Å². The van der Waals surface area contributed by atoms with Gasteiger partial charge >= 0.3 is 0 Å². The third-order valence-electron chi connectivity index (χ3n) is 5.94. The SMILES string of the molecule is CC(CNC1CC1)C(C)N1CCCC2CCCCC21. The van der Waals surface area contributed by atoms with Crippen molar-refractivity contribution < 1.29 is 0 Å². The van der Waals surface area contributed by atoms with Crippen molar-refractivity contribution in [1.29, 1.82) is 0 Å². The number of hydrogen-bond acceptors (Lipinski definition) is 2. The van der Waals surface area contributed by atoms with E-state index in [2.05, 4.69) is 24.1 Å². The summed E-state index contributed by atoms with van der Waals surface area (Å²) in [5.74, 6) is 1.81. The van der Waals surface area contributed by atoms with Crippen molar-refractivity contribution in [3.8, 4) is 0 Å². The molecule has 1 aliphatic heterocycles. The molecule has 0 bridgehead atoms. The second-order valence-corrected chi connectivity index (χ2v) is 7.39. The minimum Gasteiger partial charge on any atom is -0.314 e. The first kappa shape index (κ1) is 13.9. The maximum absolute atomic E-state index is 3.72. The van der Waals surface area contributed by atoms with E-state index in [1.54, 1.807) is 0 Å². The summed E-state index contributed by atoms with van der Waals surface area (Å²) in [6.45, 7) is 7.51. The molecule has 0 aromatic carbocycles. The van der Waals surface area contributed by atoms with E-state index in [1.807, 2.05) is 0 Å². The molecule has 1 N–H and O–H groups in total. The number of rotatable bonds is 5. The number of nitrogens with zero attached hydrogens (tertiary/aromatic N) is 1. The lowest BCUT2D eigenvalue weighted by Gasteiger charge is -2.48. The molecule has 2 heteroatoms. The summed E-state index contributed by atoms with van der Waals surface area (Å²) in [7, 11) is 0. The summed E-state index contributed by atoms with van der Waals surface area (Å²) in [5, 5.41) is 3.72. The Hall–Kier alpha value is -0.0800. The van der Waals surface area contributed by atoms with Crippen LogP contribution in [0, 0.1) is 11.8 Å². The molecule has 3 aliphatic rings. The maximum Gasteiger partial charge on any atom is 0.0126 e. The van der Waals surface area contributed by atoms with E-state index >= 15 is 0 Å². The molecule has 2 aliphatic carbocycles. The number of nitrogens with one attached hydrogen (secondary N) is 1. The highest BCUT2D eigenvalue weighted by molar-refractivity contribution is 4.91. The van der Waals surface area contributed by atoms with E-state index in [0.717, 1.165) is 30.0 Å². The highest BCUT2D eigenvalue weighted by Crippen LogP contribution is 2.37. The van der Waals surface area contributed by atoms with Crippen LogP contribution in [0.15, 0.2) is 0 Å². The highest BCUT2D eigenvalue weighted by Gasteiger charge is 2.36. The highest BCUT2D eigenvalue weighted by atomic mass is 15.2. The normalized spacial score (nSPS) is 35.7. The number of hydrogen-bond donors (Lipinski definition) is 1. The molecule has 2 saturated carbocycles. The zero-order valence-corrected chi connectivity index (χ0v) is 12.9. The average molecular weight is 264 g/mol. The zero-order valence-electron chi connectivity index (χ0n) is 12.9. The average Bonchev–Trinajstić information content (AvgIpc) is 3.27. The fraction of sp³-hybridized carbons (Fsp3) is 1.00. The lowest BCUT2D eigenvalue weighted by Crippen LogP contribution is -2.53. The standard InChI is InChI=1S/C17H32N2/c1-13(12-18-16-9-10-16)14(2)19-11-5-7-15-6-3-4-8-17(15)19/h13-18H,3-12H2,1-2H3. The second-order valence-electron chi connectivity index (χ2n) is 7.39. The van der Waals surface area contributed by atoms with E-state index < -0.39 is 0 Å². The van der Waals surface area contributed by atoms with Gasteiger partial charge in [-0.3, -0.25) is 4.90 Å². The van der Waals surface area contributed by atoms with Gasteiger partial charge in [-0.05, 0) is 70.4 Å². The lowest BCUT2D eigenvalue weighted by atomic mass is 9.77. The van der Waals surface area contributed by atoms with Gasteiger partial charge in [-0.25, -0.2) is 0 Å². The van der Waals surface area contributed by atoms with Crippen molar-refractivity contribution in [2.75, 3.05) is 13.1 Å². The van der Waals surface area contributed by atoms with Crippen molar-refractivity contribution in [2.24, 2.45) is 11.8 Å². The third-order valence-corrected chi connectivity index (χ3v) is 5.94. The van der Waals surface area contributed by atoms with Gasteiger partial charge in [0.1, 0.15) is 0 Å². The van der Waals surface area contributed by atoms with Gasteiger partial charge in [0.05, 0.1) is 0 Å². The van der Waals surface area contributed by atoms with Crippen molar-refractivity contribution in [2.45, 2.75) is 83.3 Å². The molecule has 0 aromatic rings. The molecule has 1 heterocycles. The molecule has 4 atom stereocenters. The zero-order chi connectivity index (χ0) is 13.2. The van der Waals surface area contributed by atoms with Crippen molar-refractivity contribution in [1.82, 2.24) is 10.2 Å². The Bertz CT molecular complexity index is 285. The Morgan fingerprint density at radius 2 is 1.74 bits per heavy atom. The van der Waals surface area contributed by atoms with Gasteiger partial charge in [-0.1, -0.05) is 19.8 Å². The van der Waals surface area contributed by atoms with Gasteiger partial charge < -0.3 is 5.32 Å². The van der Waals surface area contributed by atoms with Gasteiger partial charge in [0.15, 0.2) is 0 Å². The molecular weight excluding hydrogens is 232 g/mol. The maximum atomic E-state index is 3.72. The summed E-state index contributed by atoms with van der Waals surface area (Å²) >= 11 is 0. The van der Waals surface area contributed by atoms with Gasteiger partial charge in [0.25, 0.3) is 0 Å². The molecular formula is C17H32N2. The van der Waals surface area contributed by atoms with Crippen molar-refractivity contribution >= 4 is 0 Å². The molecule has 0 spiro atoms. The monoisotopic (exact) mass is 264 g/mol. The Morgan fingerprint density at radius 1 is 1.00 bits per heavy atom. The number of fused-ring (bicyclic) bond motifs is 1. The Balaban J connectivity index is 1.55. The minimum absolute atomic E-state index is 0.761. The van der Waals surface area contributed by atoms with Crippen LogP contribution in [0.25, 0.3) is 0 Å². The van der Waals surface area contributed by atoms with Gasteiger partial charge in [0.2, 0.25) is 0 Å². The minimum atomic E-state index is 0.761. The molecule has 2 nitrogen and oxygen atoms in total. The molecule has 3 fully saturated rings. The fourth-order valence-corrected chi connectivity index (χ4v) is 4.31. The van der Waals surface area contributed by atoms with Crippen LogP contribution in [0.5, 0.6) is 0 Å². The molecule has 19 heavy (non-hydrogen) atoms. The first-order chi connectivity index (χ1) is 9.25. The summed E-state index contributed by atoms with van der Waals surface area (Å²) < 4.78 is 0. The molecule has 0 aromatic heterocycles. The lowest BCUT2D eigenvalue weighted by molar-refractivity contribution is 0.0141. The summed E-state index contributed by atoms with van der Waals surface area (Å²) in [6, 6.07) is 2.54. The molecule has 110 valence electrons. The molecule has 3 rings (SSSR count). The smallest absolute Gasteiger partial charge is 0.0126 e. The van der Waals surface area contributed by atoms with E-state index in [9.17, 15) is 0 Å². The first-order valence-electron chi connectivity index (χ1n) is 8.75. The predicted molar refractivity (Wildman–Crippen MR) is 81.3 cm³/mol. The summed E-state index contributed by atoms with van der Waals surface area (Å²) in [4.78, 5) is 2.88.